The predicted octanol–water partition coefficient (Wildman–Crippen LogP) is 4.24. The fourth-order valence-electron chi connectivity index (χ4n) is 2.35. The van der Waals surface area contributed by atoms with E-state index in [9.17, 15) is 4.79 Å². The van der Waals surface area contributed by atoms with E-state index in [2.05, 4.69) is 21.6 Å². The van der Waals surface area contributed by atoms with Crippen molar-refractivity contribution in [1.82, 2.24) is 10.2 Å². The number of anilines is 1. The summed E-state index contributed by atoms with van der Waals surface area (Å²) in [6.07, 6.45) is 0.795. The Morgan fingerprint density at radius 3 is 2.76 bits per heavy atom. The predicted molar refractivity (Wildman–Crippen MR) is 99.2 cm³/mol. The van der Waals surface area contributed by atoms with Crippen molar-refractivity contribution in [2.24, 2.45) is 0 Å². The first-order chi connectivity index (χ1) is 12.2. The topological polar surface area (TPSA) is 64.1 Å². The summed E-state index contributed by atoms with van der Waals surface area (Å²) in [5.74, 6) is 0.292. The molecular formula is C19H19N3O2S. The number of ether oxygens (including phenoxy) is 1. The zero-order chi connectivity index (χ0) is 17.6. The molecule has 0 fully saturated rings. The minimum absolute atomic E-state index is 0.251. The number of hydrogen-bond donors (Lipinski definition) is 1. The lowest BCUT2D eigenvalue weighted by molar-refractivity contribution is 0.102. The van der Waals surface area contributed by atoms with Crippen molar-refractivity contribution in [2.45, 2.75) is 26.9 Å². The van der Waals surface area contributed by atoms with E-state index < -0.39 is 0 Å². The van der Waals surface area contributed by atoms with Crippen LogP contribution in [-0.2, 0) is 13.0 Å². The molecule has 5 nitrogen and oxygen atoms in total. The second-order valence-corrected chi connectivity index (χ2v) is 6.64. The zero-order valence-corrected chi connectivity index (χ0v) is 15.0. The van der Waals surface area contributed by atoms with Crippen LogP contribution in [-0.4, -0.2) is 16.1 Å². The maximum Gasteiger partial charge on any atom is 0.261 e. The average Bonchev–Trinajstić information content (AvgIpc) is 3.08. The Bertz CT molecular complexity index is 876. The number of aromatic nitrogens is 2. The summed E-state index contributed by atoms with van der Waals surface area (Å²) >= 11 is 1.38. The average molecular weight is 353 g/mol. The number of para-hydroxylation sites is 1. The second kappa shape index (κ2) is 7.90. The highest BCUT2D eigenvalue weighted by Gasteiger charge is 2.14. The van der Waals surface area contributed by atoms with Gasteiger partial charge in [-0.15, -0.1) is 10.2 Å². The SMILES string of the molecule is CCc1nnc(NC(=O)c2ccccc2OCc2cccc(C)c2)s1. The van der Waals surface area contributed by atoms with E-state index in [4.69, 9.17) is 4.74 Å². The molecule has 128 valence electrons. The number of carbonyl (C=O) groups excluding carboxylic acids is 1. The summed E-state index contributed by atoms with van der Waals surface area (Å²) in [7, 11) is 0. The van der Waals surface area contributed by atoms with E-state index in [0.717, 1.165) is 17.0 Å². The molecule has 0 aliphatic rings. The molecule has 0 radical (unpaired) electrons. The maximum absolute atomic E-state index is 12.5. The molecule has 0 unspecified atom stereocenters. The summed E-state index contributed by atoms with van der Waals surface area (Å²) in [5, 5.41) is 12.2. The Hall–Kier alpha value is -2.73. The molecule has 0 saturated carbocycles. The van der Waals surface area contributed by atoms with Gasteiger partial charge in [0.15, 0.2) is 0 Å². The van der Waals surface area contributed by atoms with Gasteiger partial charge < -0.3 is 4.74 Å². The lowest BCUT2D eigenvalue weighted by Gasteiger charge is -2.11. The van der Waals surface area contributed by atoms with Crippen LogP contribution in [0.4, 0.5) is 5.13 Å². The molecule has 2 aromatic carbocycles. The minimum Gasteiger partial charge on any atom is -0.488 e. The molecule has 0 spiro atoms. The number of aryl methyl sites for hydroxylation is 2. The molecule has 1 amide bonds. The highest BCUT2D eigenvalue weighted by molar-refractivity contribution is 7.15. The summed E-state index contributed by atoms with van der Waals surface area (Å²) in [5.41, 5.74) is 2.71. The normalized spacial score (nSPS) is 10.5. The molecule has 1 heterocycles. The van der Waals surface area contributed by atoms with E-state index >= 15 is 0 Å². The quantitative estimate of drug-likeness (QED) is 0.720. The van der Waals surface area contributed by atoms with Crippen LogP contribution in [0.3, 0.4) is 0 Å². The molecule has 6 heteroatoms. The molecular weight excluding hydrogens is 334 g/mol. The summed E-state index contributed by atoms with van der Waals surface area (Å²) in [4.78, 5) is 12.5. The molecule has 25 heavy (non-hydrogen) atoms. The van der Waals surface area contributed by atoms with Crippen LogP contribution < -0.4 is 10.1 Å². The summed E-state index contributed by atoms with van der Waals surface area (Å²) < 4.78 is 5.87. The Kier molecular flexibility index (Phi) is 5.40. The first kappa shape index (κ1) is 17.1. The second-order valence-electron chi connectivity index (χ2n) is 5.58. The van der Waals surface area contributed by atoms with Gasteiger partial charge in [-0.25, -0.2) is 0 Å². The van der Waals surface area contributed by atoms with Crippen LogP contribution in [0.25, 0.3) is 0 Å². The summed E-state index contributed by atoms with van der Waals surface area (Å²) in [6, 6.07) is 15.3. The number of carbonyl (C=O) groups is 1. The molecule has 1 N–H and O–H groups in total. The van der Waals surface area contributed by atoms with Crippen molar-refractivity contribution >= 4 is 22.4 Å². The molecule has 0 atom stereocenters. The number of benzene rings is 2. The summed E-state index contributed by atoms with van der Waals surface area (Å²) in [6.45, 7) is 4.45. The Labute approximate surface area is 150 Å². The third-order valence-electron chi connectivity index (χ3n) is 3.60. The van der Waals surface area contributed by atoms with Crippen LogP contribution in [0.1, 0.15) is 33.4 Å². The van der Waals surface area contributed by atoms with Crippen molar-refractivity contribution < 1.29 is 9.53 Å². The van der Waals surface area contributed by atoms with Crippen molar-refractivity contribution in [3.05, 3.63) is 70.2 Å². The fraction of sp³-hybridized carbons (Fsp3) is 0.211. The van der Waals surface area contributed by atoms with Crippen molar-refractivity contribution in [1.29, 1.82) is 0 Å². The Balaban J connectivity index is 1.72. The fourth-order valence-corrected chi connectivity index (χ4v) is 3.03. The van der Waals surface area contributed by atoms with Crippen LogP contribution in [0.5, 0.6) is 5.75 Å². The van der Waals surface area contributed by atoms with E-state index in [1.165, 1.54) is 16.9 Å². The lowest BCUT2D eigenvalue weighted by atomic mass is 10.1. The van der Waals surface area contributed by atoms with Gasteiger partial charge >= 0.3 is 0 Å². The monoisotopic (exact) mass is 353 g/mol. The number of hydrogen-bond acceptors (Lipinski definition) is 5. The van der Waals surface area contributed by atoms with Gasteiger partial charge in [0, 0.05) is 0 Å². The lowest BCUT2D eigenvalue weighted by Crippen LogP contribution is -2.13. The first-order valence-electron chi connectivity index (χ1n) is 8.07. The number of nitrogens with zero attached hydrogens (tertiary/aromatic N) is 2. The van der Waals surface area contributed by atoms with Gasteiger partial charge in [-0.1, -0.05) is 60.2 Å². The molecule has 3 rings (SSSR count). The van der Waals surface area contributed by atoms with Gasteiger partial charge in [0.25, 0.3) is 5.91 Å². The van der Waals surface area contributed by atoms with Crippen LogP contribution in [0.15, 0.2) is 48.5 Å². The molecule has 3 aromatic rings. The van der Waals surface area contributed by atoms with Gasteiger partial charge in [0.1, 0.15) is 17.4 Å². The van der Waals surface area contributed by atoms with Gasteiger partial charge in [-0.2, -0.15) is 0 Å². The third-order valence-corrected chi connectivity index (χ3v) is 4.58. The van der Waals surface area contributed by atoms with Gasteiger partial charge in [0.05, 0.1) is 5.56 Å². The van der Waals surface area contributed by atoms with Gasteiger partial charge in [-0.3, -0.25) is 10.1 Å². The zero-order valence-electron chi connectivity index (χ0n) is 14.2. The van der Waals surface area contributed by atoms with E-state index in [0.29, 0.717) is 23.1 Å². The molecule has 1 aromatic heterocycles. The Morgan fingerprint density at radius 1 is 1.16 bits per heavy atom. The van der Waals surface area contributed by atoms with Crippen molar-refractivity contribution in [3.63, 3.8) is 0 Å². The molecule has 0 aliphatic heterocycles. The maximum atomic E-state index is 12.5. The highest BCUT2D eigenvalue weighted by atomic mass is 32.1. The third kappa shape index (κ3) is 4.42. The van der Waals surface area contributed by atoms with E-state index in [-0.39, 0.29) is 5.91 Å². The van der Waals surface area contributed by atoms with Crippen LogP contribution >= 0.6 is 11.3 Å². The number of rotatable bonds is 6. The smallest absolute Gasteiger partial charge is 0.261 e. The number of nitrogens with one attached hydrogen (secondary N) is 1. The molecule has 0 aliphatic carbocycles. The molecule has 0 bridgehead atoms. The van der Waals surface area contributed by atoms with Gasteiger partial charge in [0.2, 0.25) is 5.13 Å². The first-order valence-corrected chi connectivity index (χ1v) is 8.88. The van der Waals surface area contributed by atoms with Crippen molar-refractivity contribution in [3.8, 4) is 5.75 Å². The molecule has 0 saturated heterocycles. The minimum atomic E-state index is -0.251. The van der Waals surface area contributed by atoms with Crippen molar-refractivity contribution in [2.75, 3.05) is 5.32 Å². The van der Waals surface area contributed by atoms with Crippen LogP contribution in [0, 0.1) is 6.92 Å². The van der Waals surface area contributed by atoms with Gasteiger partial charge in [-0.05, 0) is 31.0 Å². The van der Waals surface area contributed by atoms with Crippen LogP contribution in [0.2, 0.25) is 0 Å². The van der Waals surface area contributed by atoms with E-state index in [1.807, 2.05) is 44.2 Å². The number of amides is 1. The highest BCUT2D eigenvalue weighted by Crippen LogP contribution is 2.22. The Morgan fingerprint density at radius 2 is 2.00 bits per heavy atom. The largest absolute Gasteiger partial charge is 0.488 e. The standard InChI is InChI=1S/C19H19N3O2S/c1-3-17-21-22-19(25-17)20-18(23)15-9-4-5-10-16(15)24-12-14-8-6-7-13(2)11-14/h4-11H,3,12H2,1-2H3,(H,20,22,23). The van der Waals surface area contributed by atoms with E-state index in [1.54, 1.807) is 12.1 Å².